The SMILES string of the molecule is CCN(CCC(=O)O)S(=O)(=O)c1ccc2c(c1)NC(=O)C(C)O2. The molecule has 0 spiro atoms. The zero-order valence-electron chi connectivity index (χ0n) is 12.8. The van der Waals surface area contributed by atoms with E-state index in [0.717, 1.165) is 4.31 Å². The first-order valence-corrected chi connectivity index (χ1v) is 8.53. The molecule has 2 rings (SSSR count). The van der Waals surface area contributed by atoms with E-state index < -0.39 is 22.1 Å². The normalized spacial score (nSPS) is 17.3. The smallest absolute Gasteiger partial charge is 0.304 e. The van der Waals surface area contributed by atoms with Gasteiger partial charge < -0.3 is 15.2 Å². The molecule has 9 heteroatoms. The predicted molar refractivity (Wildman–Crippen MR) is 81.8 cm³/mol. The molecule has 1 aliphatic rings. The summed E-state index contributed by atoms with van der Waals surface area (Å²) in [5.74, 6) is -1.03. The van der Waals surface area contributed by atoms with Crippen LogP contribution in [0.5, 0.6) is 5.75 Å². The second-order valence-electron chi connectivity index (χ2n) is 5.05. The second kappa shape index (κ2) is 6.55. The van der Waals surface area contributed by atoms with Crippen molar-refractivity contribution in [1.82, 2.24) is 4.31 Å². The van der Waals surface area contributed by atoms with E-state index in [9.17, 15) is 18.0 Å². The number of nitrogens with zero attached hydrogens (tertiary/aromatic N) is 1. The molecule has 1 amide bonds. The van der Waals surface area contributed by atoms with Gasteiger partial charge in [-0.3, -0.25) is 9.59 Å². The number of sulfonamides is 1. The first-order chi connectivity index (χ1) is 10.8. The summed E-state index contributed by atoms with van der Waals surface area (Å²) >= 11 is 0. The second-order valence-corrected chi connectivity index (χ2v) is 6.99. The third-order valence-electron chi connectivity index (χ3n) is 3.45. The molecule has 1 atom stereocenters. The number of amides is 1. The predicted octanol–water partition coefficient (Wildman–Crippen LogP) is 0.891. The molecule has 0 saturated carbocycles. The van der Waals surface area contributed by atoms with Crippen molar-refractivity contribution in [3.63, 3.8) is 0 Å². The van der Waals surface area contributed by atoms with Crippen LogP contribution >= 0.6 is 0 Å². The number of carbonyl (C=O) groups excluding carboxylic acids is 1. The molecule has 23 heavy (non-hydrogen) atoms. The number of fused-ring (bicyclic) bond motifs is 1. The van der Waals surface area contributed by atoms with Gasteiger partial charge in [-0.25, -0.2) is 8.42 Å². The zero-order chi connectivity index (χ0) is 17.2. The summed E-state index contributed by atoms with van der Waals surface area (Å²) < 4.78 is 31.6. The standard InChI is InChI=1S/C14H18N2O6S/c1-3-16(7-6-13(17)18)23(20,21)10-4-5-12-11(8-10)15-14(19)9(2)22-12/h4-5,8-9H,3,6-7H2,1-2H3,(H,15,19)(H,17,18). The Labute approximate surface area is 134 Å². The van der Waals surface area contributed by atoms with Crippen molar-refractivity contribution in [3.8, 4) is 5.75 Å². The maximum absolute atomic E-state index is 12.6. The van der Waals surface area contributed by atoms with Gasteiger partial charge in [0.05, 0.1) is 17.0 Å². The average Bonchev–Trinajstić information content (AvgIpc) is 2.48. The molecular weight excluding hydrogens is 324 g/mol. The number of rotatable bonds is 6. The Morgan fingerprint density at radius 2 is 2.13 bits per heavy atom. The third-order valence-corrected chi connectivity index (χ3v) is 5.42. The van der Waals surface area contributed by atoms with Crippen LogP contribution in [0.4, 0.5) is 5.69 Å². The Hall–Kier alpha value is -2.13. The van der Waals surface area contributed by atoms with Crippen molar-refractivity contribution in [2.24, 2.45) is 0 Å². The minimum atomic E-state index is -3.85. The van der Waals surface area contributed by atoms with Crippen LogP contribution in [0.15, 0.2) is 23.1 Å². The van der Waals surface area contributed by atoms with Crippen molar-refractivity contribution in [2.45, 2.75) is 31.3 Å². The number of nitrogens with one attached hydrogen (secondary N) is 1. The van der Waals surface area contributed by atoms with Crippen molar-refractivity contribution in [2.75, 3.05) is 18.4 Å². The monoisotopic (exact) mass is 342 g/mol. The lowest BCUT2D eigenvalue weighted by molar-refractivity contribution is -0.137. The van der Waals surface area contributed by atoms with Crippen LogP contribution in [0.3, 0.4) is 0 Å². The summed E-state index contributed by atoms with van der Waals surface area (Å²) in [6.07, 6.45) is -0.928. The molecule has 0 aliphatic carbocycles. The van der Waals surface area contributed by atoms with E-state index in [0.29, 0.717) is 5.75 Å². The molecule has 2 N–H and O–H groups in total. The van der Waals surface area contributed by atoms with Crippen molar-refractivity contribution < 1.29 is 27.9 Å². The van der Waals surface area contributed by atoms with Gasteiger partial charge in [-0.05, 0) is 25.1 Å². The number of hydrogen-bond donors (Lipinski definition) is 2. The van der Waals surface area contributed by atoms with Gasteiger partial charge >= 0.3 is 5.97 Å². The van der Waals surface area contributed by atoms with Crippen LogP contribution in [0.25, 0.3) is 0 Å². The number of carboxylic acid groups (broad SMARTS) is 1. The summed E-state index contributed by atoms with van der Waals surface area (Å²) in [7, 11) is -3.85. The summed E-state index contributed by atoms with van der Waals surface area (Å²) in [4.78, 5) is 22.3. The summed E-state index contributed by atoms with van der Waals surface area (Å²) in [6.45, 7) is 3.25. The van der Waals surface area contributed by atoms with Gasteiger partial charge in [-0.15, -0.1) is 0 Å². The maximum atomic E-state index is 12.6. The topological polar surface area (TPSA) is 113 Å². The number of carbonyl (C=O) groups is 2. The van der Waals surface area contributed by atoms with Gasteiger partial charge in [-0.2, -0.15) is 4.31 Å². The molecule has 0 bridgehead atoms. The molecule has 1 aromatic carbocycles. The maximum Gasteiger partial charge on any atom is 0.304 e. The zero-order valence-corrected chi connectivity index (χ0v) is 13.6. The van der Waals surface area contributed by atoms with E-state index in [1.54, 1.807) is 13.8 Å². The van der Waals surface area contributed by atoms with Crippen LogP contribution < -0.4 is 10.1 Å². The Morgan fingerprint density at radius 1 is 1.43 bits per heavy atom. The Morgan fingerprint density at radius 3 is 2.74 bits per heavy atom. The lowest BCUT2D eigenvalue weighted by Crippen LogP contribution is -2.35. The van der Waals surface area contributed by atoms with Crippen LogP contribution in [0.1, 0.15) is 20.3 Å². The molecular formula is C14H18N2O6S. The highest BCUT2D eigenvalue weighted by Gasteiger charge is 2.28. The first kappa shape index (κ1) is 17.2. The summed E-state index contributed by atoms with van der Waals surface area (Å²) in [6, 6.07) is 4.17. The van der Waals surface area contributed by atoms with Gasteiger partial charge in [0.1, 0.15) is 5.75 Å². The molecule has 8 nitrogen and oxygen atoms in total. The first-order valence-electron chi connectivity index (χ1n) is 7.09. The molecule has 0 radical (unpaired) electrons. The third kappa shape index (κ3) is 3.62. The van der Waals surface area contributed by atoms with E-state index in [2.05, 4.69) is 5.32 Å². The molecule has 1 unspecified atom stereocenters. The van der Waals surface area contributed by atoms with Gasteiger partial charge in [0, 0.05) is 13.1 Å². The van der Waals surface area contributed by atoms with Crippen LogP contribution in [-0.4, -0.2) is 48.9 Å². The van der Waals surface area contributed by atoms with Crippen LogP contribution in [0.2, 0.25) is 0 Å². The van der Waals surface area contributed by atoms with Crippen molar-refractivity contribution >= 4 is 27.6 Å². The number of ether oxygens (including phenoxy) is 1. The van der Waals surface area contributed by atoms with Gasteiger partial charge in [0.2, 0.25) is 10.0 Å². The van der Waals surface area contributed by atoms with E-state index in [1.165, 1.54) is 18.2 Å². The minimum absolute atomic E-state index is 0.0260. The molecule has 1 heterocycles. The van der Waals surface area contributed by atoms with Crippen molar-refractivity contribution in [1.29, 1.82) is 0 Å². The lowest BCUT2D eigenvalue weighted by atomic mass is 10.2. The fraction of sp³-hybridized carbons (Fsp3) is 0.429. The number of hydrogen-bond acceptors (Lipinski definition) is 5. The molecule has 1 aliphatic heterocycles. The highest BCUT2D eigenvalue weighted by Crippen LogP contribution is 2.32. The van der Waals surface area contributed by atoms with Gasteiger partial charge in [0.15, 0.2) is 6.10 Å². The molecule has 126 valence electrons. The molecule has 0 saturated heterocycles. The van der Waals surface area contributed by atoms with Crippen LogP contribution in [-0.2, 0) is 19.6 Å². The average molecular weight is 342 g/mol. The van der Waals surface area contributed by atoms with Crippen LogP contribution in [0, 0.1) is 0 Å². The van der Waals surface area contributed by atoms with Gasteiger partial charge in [-0.1, -0.05) is 6.92 Å². The van der Waals surface area contributed by atoms with E-state index >= 15 is 0 Å². The van der Waals surface area contributed by atoms with Crippen molar-refractivity contribution in [3.05, 3.63) is 18.2 Å². The molecule has 0 fully saturated rings. The fourth-order valence-corrected chi connectivity index (χ4v) is 3.64. The largest absolute Gasteiger partial charge is 0.481 e. The number of benzene rings is 1. The molecule has 1 aromatic rings. The Kier molecular flexibility index (Phi) is 4.90. The number of anilines is 1. The highest BCUT2D eigenvalue weighted by molar-refractivity contribution is 7.89. The summed E-state index contributed by atoms with van der Waals surface area (Å²) in [5.41, 5.74) is 0.281. The highest BCUT2D eigenvalue weighted by atomic mass is 32.2. The number of aliphatic carboxylic acids is 1. The lowest BCUT2D eigenvalue weighted by Gasteiger charge is -2.25. The quantitative estimate of drug-likeness (QED) is 0.794. The summed E-state index contributed by atoms with van der Waals surface area (Å²) in [5, 5.41) is 11.3. The minimum Gasteiger partial charge on any atom is -0.481 e. The Bertz CT molecular complexity index is 731. The van der Waals surface area contributed by atoms with Gasteiger partial charge in [0.25, 0.3) is 5.91 Å². The number of carboxylic acids is 1. The molecule has 0 aromatic heterocycles. The van der Waals surface area contributed by atoms with E-state index in [-0.39, 0.29) is 36.0 Å². The Balaban J connectivity index is 2.31. The van der Waals surface area contributed by atoms with E-state index in [4.69, 9.17) is 9.84 Å². The fourth-order valence-electron chi connectivity index (χ4n) is 2.17. The van der Waals surface area contributed by atoms with E-state index in [1.807, 2.05) is 0 Å².